The molecule has 11 nitrogen and oxygen atoms in total. The number of carbonyl (C=O) groups is 3. The van der Waals surface area contributed by atoms with Crippen LogP contribution in [0.4, 0.5) is 5.69 Å². The van der Waals surface area contributed by atoms with Crippen LogP contribution in [-0.2, 0) is 23.2 Å². The molecule has 0 radical (unpaired) electrons. The maximum absolute atomic E-state index is 13.0. The van der Waals surface area contributed by atoms with Gasteiger partial charge in [-0.2, -0.15) is 0 Å². The number of methoxy groups -OCH3 is 2. The van der Waals surface area contributed by atoms with Gasteiger partial charge in [-0.3, -0.25) is 29.1 Å². The monoisotopic (exact) mass is 663 g/mol. The highest BCUT2D eigenvalue weighted by Gasteiger charge is 2.45. The summed E-state index contributed by atoms with van der Waals surface area (Å²) in [6.07, 6.45) is 7.87. The van der Waals surface area contributed by atoms with Gasteiger partial charge in [-0.25, -0.2) is 0 Å². The standard InChI is InChI=1S/C38H41N5O6/c1-41-20-30(28-9-12-39-19-29(28)37(41)47)25-16-34(48-2)31(35(17-25)49-3)21-42-13-10-38(11-14-42)22-43(23-38)26-6-4-5-24(15-26)36(46)40-32-8-7-27(44)18-33(32)45/h4-6,9,12,15-17,19-20,32H,7-8,10-11,13-14,18,21-23H2,1-3H3,(H,40,46). The third-order valence-corrected chi connectivity index (χ3v) is 10.5. The van der Waals surface area contributed by atoms with Crippen LogP contribution in [0.5, 0.6) is 11.5 Å². The molecule has 0 bridgehead atoms. The molecule has 1 amide bonds. The minimum atomic E-state index is -0.595. The van der Waals surface area contributed by atoms with Gasteiger partial charge in [-0.15, -0.1) is 0 Å². The van der Waals surface area contributed by atoms with Crippen molar-refractivity contribution < 1.29 is 23.9 Å². The molecular formula is C38H41N5O6. The van der Waals surface area contributed by atoms with Crippen molar-refractivity contribution in [3.8, 4) is 22.6 Å². The third-order valence-electron chi connectivity index (χ3n) is 10.5. The number of amides is 1. The number of Topliss-reactive ketones (excluding diaryl/α,β-unsaturated/α-hetero) is 2. The van der Waals surface area contributed by atoms with Crippen molar-refractivity contribution in [3.63, 3.8) is 0 Å². The van der Waals surface area contributed by atoms with Crippen molar-refractivity contribution in [2.45, 2.75) is 44.7 Å². The second-order valence-corrected chi connectivity index (χ2v) is 13.7. The molecule has 4 aromatic rings. The second-order valence-electron chi connectivity index (χ2n) is 13.7. The summed E-state index contributed by atoms with van der Waals surface area (Å²) >= 11 is 0. The molecule has 2 aromatic carbocycles. The van der Waals surface area contributed by atoms with E-state index in [0.29, 0.717) is 30.3 Å². The fourth-order valence-electron chi connectivity index (χ4n) is 7.62. The van der Waals surface area contributed by atoms with E-state index in [1.807, 2.05) is 42.6 Å². The van der Waals surface area contributed by atoms with E-state index in [1.165, 1.54) is 0 Å². The number of likely N-dealkylation sites (tertiary alicyclic amines) is 1. The Bertz CT molecular complexity index is 1980. The topological polar surface area (TPSA) is 123 Å². The van der Waals surface area contributed by atoms with E-state index in [2.05, 4.69) is 20.1 Å². The number of anilines is 1. The van der Waals surface area contributed by atoms with E-state index in [9.17, 15) is 19.2 Å². The van der Waals surface area contributed by atoms with Crippen LogP contribution in [-0.4, -0.2) is 78.4 Å². The van der Waals surface area contributed by atoms with Gasteiger partial charge in [-0.1, -0.05) is 6.07 Å². The number of ether oxygens (including phenoxy) is 2. The molecule has 4 heterocycles. The number of nitrogens with zero attached hydrogens (tertiary/aromatic N) is 4. The predicted molar refractivity (Wildman–Crippen MR) is 186 cm³/mol. The Balaban J connectivity index is 0.999. The van der Waals surface area contributed by atoms with Gasteiger partial charge in [0.15, 0.2) is 5.78 Å². The molecule has 2 aliphatic heterocycles. The van der Waals surface area contributed by atoms with Crippen LogP contribution in [0, 0.1) is 5.41 Å². The third kappa shape index (κ3) is 6.30. The number of aromatic nitrogens is 2. The smallest absolute Gasteiger partial charge is 0.259 e. The molecule has 254 valence electrons. The summed E-state index contributed by atoms with van der Waals surface area (Å²) in [5.41, 5.74) is 4.46. The Kier molecular flexibility index (Phi) is 8.70. The SMILES string of the molecule is COc1cc(-c2cn(C)c(=O)c3cnccc23)cc(OC)c1CN1CCC2(CC1)CN(c1cccc(C(=O)NC3CCC(=O)CC3=O)c1)C2. The normalized spacial score (nSPS) is 19.2. The molecule has 7 rings (SSSR count). The van der Waals surface area contributed by atoms with E-state index in [0.717, 1.165) is 78.3 Å². The Morgan fingerprint density at radius 1 is 1.00 bits per heavy atom. The van der Waals surface area contributed by atoms with Gasteiger partial charge in [0.1, 0.15) is 17.3 Å². The van der Waals surface area contributed by atoms with Crippen LogP contribution in [0.3, 0.4) is 0 Å². The molecule has 11 heteroatoms. The average Bonchev–Trinajstić information content (AvgIpc) is 3.10. The van der Waals surface area contributed by atoms with E-state index >= 15 is 0 Å². The summed E-state index contributed by atoms with van der Waals surface area (Å²) in [5.74, 6) is 0.933. The summed E-state index contributed by atoms with van der Waals surface area (Å²) in [6.45, 7) is 4.44. The van der Waals surface area contributed by atoms with Crippen LogP contribution in [0.2, 0.25) is 0 Å². The molecule has 2 saturated heterocycles. The van der Waals surface area contributed by atoms with Gasteiger partial charge in [0, 0.05) is 73.9 Å². The van der Waals surface area contributed by atoms with Gasteiger partial charge in [0.2, 0.25) is 0 Å². The Hall–Kier alpha value is -5.03. The van der Waals surface area contributed by atoms with Gasteiger partial charge in [0.25, 0.3) is 11.5 Å². The lowest BCUT2D eigenvalue weighted by atomic mass is 9.71. The molecule has 1 spiro atoms. The Labute approximate surface area is 284 Å². The number of pyridine rings is 2. The van der Waals surface area contributed by atoms with Crippen LogP contribution >= 0.6 is 0 Å². The lowest BCUT2D eigenvalue weighted by molar-refractivity contribution is -0.131. The molecule has 1 N–H and O–H groups in total. The van der Waals surface area contributed by atoms with Gasteiger partial charge in [-0.05, 0) is 79.7 Å². The van der Waals surface area contributed by atoms with Crippen molar-refractivity contribution >= 4 is 33.9 Å². The van der Waals surface area contributed by atoms with Crippen molar-refractivity contribution in [3.05, 3.63) is 82.5 Å². The highest BCUT2D eigenvalue weighted by molar-refractivity contribution is 6.06. The zero-order valence-corrected chi connectivity index (χ0v) is 28.2. The summed E-state index contributed by atoms with van der Waals surface area (Å²) in [6, 6.07) is 12.9. The van der Waals surface area contributed by atoms with Crippen LogP contribution in [0.1, 0.15) is 48.0 Å². The first-order chi connectivity index (χ1) is 23.7. The highest BCUT2D eigenvalue weighted by atomic mass is 16.5. The summed E-state index contributed by atoms with van der Waals surface area (Å²) < 4.78 is 13.4. The van der Waals surface area contributed by atoms with E-state index < -0.39 is 6.04 Å². The number of fused-ring (bicyclic) bond motifs is 1. The molecule has 1 saturated carbocycles. The lowest BCUT2D eigenvalue weighted by Gasteiger charge is -2.55. The van der Waals surface area contributed by atoms with Crippen LogP contribution in [0.15, 0.2) is 65.8 Å². The Morgan fingerprint density at radius 3 is 2.43 bits per heavy atom. The summed E-state index contributed by atoms with van der Waals surface area (Å²) in [7, 11) is 5.10. The molecule has 3 aliphatic rings. The molecule has 1 unspecified atom stereocenters. The number of nitrogens with one attached hydrogen (secondary N) is 1. The molecule has 1 atom stereocenters. The van der Waals surface area contributed by atoms with Crippen molar-refractivity contribution in [1.29, 1.82) is 0 Å². The number of aryl methyl sites for hydroxylation is 1. The first-order valence-electron chi connectivity index (χ1n) is 16.8. The van der Waals surface area contributed by atoms with Crippen LogP contribution in [0.25, 0.3) is 21.9 Å². The first kappa shape index (κ1) is 32.5. The first-order valence-corrected chi connectivity index (χ1v) is 16.8. The molecule has 49 heavy (non-hydrogen) atoms. The Morgan fingerprint density at radius 2 is 1.73 bits per heavy atom. The summed E-state index contributed by atoms with van der Waals surface area (Å²) in [4.78, 5) is 58.4. The van der Waals surface area contributed by atoms with Gasteiger partial charge in [0.05, 0.1) is 37.6 Å². The van der Waals surface area contributed by atoms with Crippen LogP contribution < -0.4 is 25.2 Å². The van der Waals surface area contributed by atoms with Crippen molar-refractivity contribution in [1.82, 2.24) is 19.8 Å². The number of benzene rings is 2. The number of piperidine rings is 1. The summed E-state index contributed by atoms with van der Waals surface area (Å²) in [5, 5.41) is 4.22. The van der Waals surface area contributed by atoms with E-state index in [4.69, 9.17) is 9.47 Å². The van der Waals surface area contributed by atoms with Gasteiger partial charge < -0.3 is 24.3 Å². The fourth-order valence-corrected chi connectivity index (χ4v) is 7.62. The van der Waals surface area contributed by atoms with Crippen molar-refractivity contribution in [2.24, 2.45) is 12.5 Å². The minimum absolute atomic E-state index is 0.0602. The lowest BCUT2D eigenvalue weighted by Crippen LogP contribution is -2.60. The van der Waals surface area contributed by atoms with E-state index in [1.54, 1.807) is 44.3 Å². The number of hydrogen-bond acceptors (Lipinski definition) is 9. The second kappa shape index (κ2) is 13.1. The van der Waals surface area contributed by atoms with Gasteiger partial charge >= 0.3 is 0 Å². The van der Waals surface area contributed by atoms with Crippen molar-refractivity contribution in [2.75, 3.05) is 45.3 Å². The fraction of sp³-hybridized carbons (Fsp3) is 0.395. The molecule has 2 aromatic heterocycles. The number of ketones is 2. The molecule has 1 aliphatic carbocycles. The zero-order chi connectivity index (χ0) is 34.3. The zero-order valence-electron chi connectivity index (χ0n) is 28.2. The number of rotatable bonds is 8. The number of carbonyl (C=O) groups excluding carboxylic acids is 3. The predicted octanol–water partition coefficient (Wildman–Crippen LogP) is 4.14. The quantitative estimate of drug-likeness (QED) is 0.277. The minimum Gasteiger partial charge on any atom is -0.496 e. The number of hydrogen-bond donors (Lipinski definition) is 1. The maximum atomic E-state index is 13.0. The molecular weight excluding hydrogens is 622 g/mol. The average molecular weight is 664 g/mol. The molecule has 3 fully saturated rings. The highest BCUT2D eigenvalue weighted by Crippen LogP contribution is 2.44. The maximum Gasteiger partial charge on any atom is 0.259 e. The van der Waals surface area contributed by atoms with E-state index in [-0.39, 0.29) is 34.9 Å². The largest absolute Gasteiger partial charge is 0.496 e.